The van der Waals surface area contributed by atoms with Crippen molar-refractivity contribution in [1.82, 2.24) is 52.3 Å². The van der Waals surface area contributed by atoms with Gasteiger partial charge < -0.3 is 231 Å². The van der Waals surface area contributed by atoms with Gasteiger partial charge >= 0.3 is 0 Å². The minimum absolute atomic E-state index is 0.354. The number of aliphatic hydroxyl groups is 24. The highest BCUT2D eigenvalue weighted by atomic mass is 16.8. The van der Waals surface area contributed by atoms with Crippen LogP contribution in [0.4, 0.5) is 0 Å². The van der Waals surface area contributed by atoms with E-state index in [2.05, 4.69) is 42.5 Å². The molecule has 8 aliphatic heterocycles. The summed E-state index contributed by atoms with van der Waals surface area (Å²) in [5, 5.41) is 274. The van der Waals surface area contributed by atoms with Crippen LogP contribution in [0.5, 0.6) is 0 Å². The molecule has 8 saturated heterocycles. The van der Waals surface area contributed by atoms with Crippen LogP contribution in [-0.4, -0.2) is 543 Å². The molecule has 0 radical (unpaired) electrons. The molecule has 40 atom stereocenters. The van der Waals surface area contributed by atoms with E-state index in [1.165, 1.54) is 0 Å². The Kier molecular flexibility index (Phi) is 41.1. The predicted octanol–water partition coefficient (Wildman–Crippen LogP) is -22.8. The SMILES string of the molecule is CC(=O)N[C@@H]1[C@@H](O)[C@H](O[C@@H]2O[C@H](CO)[C@H](O)[C@H](O)[C@H]2O)[C@@H](CO)O[C@H]1NC(=O)CN(CCOCCOCCN(CC(=O)N[C@@H]1O[C@H](CO)[C@@H](O[C@@H]2O[C@H](CO)[C@H](O)[C@H](O)[C@H]2O)[C@H](O)[C@H]1NC(C)=O)CC(=O)N[C@@H]1O[C@H](CO)[C@@H](O[C@@H]2O[C@H](CO)[C@H](O)[C@H](O)[C@H]2O)[C@H](O)[C@H]1NC(C)=O)CC(=O)N[C@@H]1O[C@H](CO)[C@@H](O[C@@H]2O[C@H](CO)[C@H](O)[C@H](O)[C@H]2O)[C@H](O)[C@H]1NC(C)=O. The van der Waals surface area contributed by atoms with Crippen LogP contribution in [0.1, 0.15) is 27.7 Å². The van der Waals surface area contributed by atoms with E-state index in [9.17, 15) is 161 Å². The summed E-state index contributed by atoms with van der Waals surface area (Å²) in [6, 6.07) is -6.80. The Labute approximate surface area is 716 Å². The van der Waals surface area contributed by atoms with E-state index in [0.29, 0.717) is 0 Å². The Hall–Kier alpha value is -5.84. The molecule has 56 nitrogen and oxygen atoms in total. The number of rotatable bonds is 41. The van der Waals surface area contributed by atoms with Gasteiger partial charge in [0, 0.05) is 40.8 Å². The lowest BCUT2D eigenvalue weighted by molar-refractivity contribution is -0.336. The van der Waals surface area contributed by atoms with Gasteiger partial charge in [0.05, 0.1) is 105 Å². The molecule has 32 N–H and O–H groups in total. The zero-order valence-electron chi connectivity index (χ0n) is 68.4. The average molecular weight is 1840 g/mol. The topological polar surface area (TPSA) is 854 Å². The van der Waals surface area contributed by atoms with Crippen molar-refractivity contribution >= 4 is 47.3 Å². The van der Waals surface area contributed by atoms with Crippen LogP contribution < -0.4 is 42.5 Å². The van der Waals surface area contributed by atoms with Crippen LogP contribution in [0.15, 0.2) is 0 Å². The standard InChI is InChI=1S/C70H120N10O46/c1-23(89)71-39-47(101)59(123-67-55(109)51(105)43(97)27(15-81)119-67)31(19-85)115-63(39)75-35(93)11-79(12-36(94)76-64-40(72-24(2)90)48(102)60(32(20-86)116-64)124-68-56(110)52(106)44(98)28(16-82)120-68)5-7-113-9-10-114-8-6-80(13-37(95)77-65-41(73-25(3)91)49(103)61(33(21-87)117-65)125-69-57(111)53(107)45(99)29(17-83)121-69)14-38(96)78-66-42(74-26(4)92)50(104)62(34(22-88)118-66)126-70-58(112)54(108)46(100)30(18-84)122-70/h27-34,39-70,81-88,97-112H,5-22H2,1-4H3,(H,71,89)(H,72,90)(H,73,91)(H,74,92)(H,75,93)(H,76,94)(H,77,95)(H,78,96)/t27-,28-,29-,30-,31-,32-,33-,34-,39-,40-,41-,42-,43+,44+,45+,46+,47-,48-,49-,50-,51+,52+,53+,54+,55-,56-,57-,58-,59-,60-,61-,62-,63-,64-,65-,66-,67+,68+,69+,70+/m1/s1. The summed E-state index contributed by atoms with van der Waals surface area (Å²) in [7, 11) is 0. The van der Waals surface area contributed by atoms with E-state index in [0.717, 1.165) is 37.5 Å². The molecule has 726 valence electrons. The third-order valence-electron chi connectivity index (χ3n) is 21.8. The van der Waals surface area contributed by atoms with Crippen LogP contribution in [0.2, 0.25) is 0 Å². The summed E-state index contributed by atoms with van der Waals surface area (Å²) in [5.74, 6) is -7.64. The highest BCUT2D eigenvalue weighted by Crippen LogP contribution is 2.35. The number of amides is 8. The lowest BCUT2D eigenvalue weighted by Gasteiger charge is -2.47. The van der Waals surface area contributed by atoms with Crippen molar-refractivity contribution in [2.75, 3.05) is 119 Å². The number of carbonyl (C=O) groups is 8. The third-order valence-corrected chi connectivity index (χ3v) is 21.8. The van der Waals surface area contributed by atoms with E-state index in [1.807, 2.05) is 0 Å². The Balaban J connectivity index is 0.989. The van der Waals surface area contributed by atoms with Gasteiger partial charge in [-0.25, -0.2) is 0 Å². The summed E-state index contributed by atoms with van der Waals surface area (Å²) in [6.45, 7) is -9.47. The van der Waals surface area contributed by atoms with Gasteiger partial charge in [-0.05, 0) is 0 Å². The number of aliphatic hydroxyl groups excluding tert-OH is 24. The fourth-order valence-corrected chi connectivity index (χ4v) is 15.3. The fourth-order valence-electron chi connectivity index (χ4n) is 15.3. The maximum atomic E-state index is 14.3. The maximum Gasteiger partial charge on any atom is 0.236 e. The number of hydrogen-bond donors (Lipinski definition) is 32. The first-order valence-electron chi connectivity index (χ1n) is 40.2. The minimum Gasteiger partial charge on any atom is -0.394 e. The van der Waals surface area contributed by atoms with Gasteiger partial charge in [0.2, 0.25) is 47.3 Å². The van der Waals surface area contributed by atoms with Crippen molar-refractivity contribution in [3.05, 3.63) is 0 Å². The summed E-state index contributed by atoms with van der Waals surface area (Å²) in [4.78, 5) is 110. The molecule has 8 heterocycles. The van der Waals surface area contributed by atoms with Crippen LogP contribution in [0, 0.1) is 0 Å². The highest BCUT2D eigenvalue weighted by Gasteiger charge is 2.58. The molecule has 56 heteroatoms. The van der Waals surface area contributed by atoms with E-state index < -0.39 is 398 Å². The average Bonchev–Trinajstić information content (AvgIpc) is 0.788. The first-order chi connectivity index (χ1) is 59.7. The summed E-state index contributed by atoms with van der Waals surface area (Å²) >= 11 is 0. The van der Waals surface area contributed by atoms with E-state index >= 15 is 0 Å². The first kappa shape index (κ1) is 106. The Morgan fingerprint density at radius 2 is 0.437 bits per heavy atom. The molecule has 0 bridgehead atoms. The number of hydrogen-bond acceptors (Lipinski definition) is 48. The lowest BCUT2D eigenvalue weighted by Crippen LogP contribution is -2.70. The van der Waals surface area contributed by atoms with Crippen molar-refractivity contribution in [2.45, 2.75) is 273 Å². The first-order valence-corrected chi connectivity index (χ1v) is 40.2. The number of nitrogens with zero attached hydrogens (tertiary/aromatic N) is 2. The Bertz CT molecular complexity index is 3020. The smallest absolute Gasteiger partial charge is 0.236 e. The zero-order valence-corrected chi connectivity index (χ0v) is 68.4. The van der Waals surface area contributed by atoms with Crippen molar-refractivity contribution < 1.29 is 227 Å². The molecule has 8 amide bonds. The van der Waals surface area contributed by atoms with Crippen LogP contribution in [0.3, 0.4) is 0 Å². The molecule has 0 spiro atoms. The fraction of sp³-hybridized carbons (Fsp3) is 0.886. The molecule has 126 heavy (non-hydrogen) atoms. The normalized spacial score (nSPS) is 41.0. The highest BCUT2D eigenvalue weighted by molar-refractivity contribution is 5.83. The lowest BCUT2D eigenvalue weighted by atomic mass is 9.94. The van der Waals surface area contributed by atoms with Gasteiger partial charge in [-0.2, -0.15) is 0 Å². The number of nitrogens with one attached hydrogen (secondary N) is 8. The molecule has 0 unspecified atom stereocenters. The Morgan fingerprint density at radius 3 is 0.611 bits per heavy atom. The second-order valence-corrected chi connectivity index (χ2v) is 31.1. The van der Waals surface area contributed by atoms with E-state index in [-0.39, 0.29) is 13.2 Å². The van der Waals surface area contributed by atoms with Crippen molar-refractivity contribution in [2.24, 2.45) is 0 Å². The summed E-state index contributed by atoms with van der Waals surface area (Å²) < 4.78 is 80.1. The number of ether oxygens (including phenoxy) is 14. The molecule has 8 aliphatic rings. The monoisotopic (exact) mass is 1840 g/mol. The zero-order chi connectivity index (χ0) is 93.2. The number of carbonyl (C=O) groups excluding carboxylic acids is 8. The van der Waals surface area contributed by atoms with Crippen molar-refractivity contribution in [3.8, 4) is 0 Å². The predicted molar refractivity (Wildman–Crippen MR) is 399 cm³/mol. The molecule has 0 aromatic rings. The molecular formula is C70H120N10O46. The van der Waals surface area contributed by atoms with Crippen LogP contribution in [-0.2, 0) is 105 Å². The second-order valence-electron chi connectivity index (χ2n) is 31.1. The molecule has 0 aliphatic carbocycles. The van der Waals surface area contributed by atoms with Gasteiger partial charge in [0.25, 0.3) is 0 Å². The van der Waals surface area contributed by atoms with E-state index in [1.54, 1.807) is 0 Å². The second kappa shape index (κ2) is 49.1. The van der Waals surface area contributed by atoms with Gasteiger partial charge in [0.1, 0.15) is 195 Å². The molecule has 0 aromatic carbocycles. The van der Waals surface area contributed by atoms with Gasteiger partial charge in [-0.15, -0.1) is 0 Å². The molecule has 8 fully saturated rings. The maximum absolute atomic E-state index is 14.3. The minimum atomic E-state index is -2.04. The van der Waals surface area contributed by atoms with Crippen LogP contribution in [0.25, 0.3) is 0 Å². The molecule has 0 aromatic heterocycles. The Morgan fingerprint density at radius 1 is 0.246 bits per heavy atom. The largest absolute Gasteiger partial charge is 0.394 e. The van der Waals surface area contributed by atoms with Gasteiger partial charge in [-0.3, -0.25) is 48.2 Å². The van der Waals surface area contributed by atoms with Crippen molar-refractivity contribution in [1.29, 1.82) is 0 Å². The molecule has 8 rings (SSSR count). The summed E-state index contributed by atoms with van der Waals surface area (Å²) in [5.41, 5.74) is 0. The van der Waals surface area contributed by atoms with Crippen LogP contribution >= 0.6 is 0 Å². The van der Waals surface area contributed by atoms with E-state index in [4.69, 9.17) is 66.3 Å². The van der Waals surface area contributed by atoms with Crippen molar-refractivity contribution in [3.63, 3.8) is 0 Å². The molecule has 0 saturated carbocycles. The molecular weight excluding hydrogens is 1720 g/mol. The quantitative estimate of drug-likeness (QED) is 0.0253. The third kappa shape index (κ3) is 27.0. The summed E-state index contributed by atoms with van der Waals surface area (Å²) in [6.07, 6.45) is -66.2. The van der Waals surface area contributed by atoms with Gasteiger partial charge in [0.15, 0.2) is 50.1 Å². The van der Waals surface area contributed by atoms with Gasteiger partial charge in [-0.1, -0.05) is 0 Å².